The molecule has 1 fully saturated rings. The molecule has 1 aliphatic rings. The van der Waals surface area contributed by atoms with Crippen molar-refractivity contribution in [2.75, 3.05) is 26.2 Å². The van der Waals surface area contributed by atoms with E-state index in [2.05, 4.69) is 18.7 Å². The van der Waals surface area contributed by atoms with E-state index in [1.165, 1.54) is 6.07 Å². The summed E-state index contributed by atoms with van der Waals surface area (Å²) in [5.41, 5.74) is 0.406. The summed E-state index contributed by atoms with van der Waals surface area (Å²) in [5.74, 6) is -1.18. The molecule has 0 radical (unpaired) electrons. The maximum absolute atomic E-state index is 13.2. The van der Waals surface area contributed by atoms with E-state index in [1.807, 2.05) is 0 Å². The van der Waals surface area contributed by atoms with Crippen LogP contribution in [-0.4, -0.2) is 42.4 Å². The lowest BCUT2D eigenvalue weighted by atomic mass is 10.1. The third-order valence-corrected chi connectivity index (χ3v) is 4.04. The van der Waals surface area contributed by atoms with Crippen LogP contribution in [0.15, 0.2) is 18.2 Å². The number of likely N-dealkylation sites (tertiary alicyclic amines) is 1. The first-order valence-electron chi connectivity index (χ1n) is 7.92. The van der Waals surface area contributed by atoms with Gasteiger partial charge in [0.15, 0.2) is 11.6 Å². The zero-order valence-electron chi connectivity index (χ0n) is 13.3. The number of aliphatic hydroxyl groups excluding tert-OH is 1. The van der Waals surface area contributed by atoms with Gasteiger partial charge in [0, 0.05) is 26.2 Å². The van der Waals surface area contributed by atoms with Gasteiger partial charge in [-0.2, -0.15) is 0 Å². The van der Waals surface area contributed by atoms with Crippen molar-refractivity contribution in [2.45, 2.75) is 38.9 Å². The molecule has 0 bridgehead atoms. The zero-order valence-corrected chi connectivity index (χ0v) is 13.3. The Hall–Kier alpha value is -1.04. The van der Waals surface area contributed by atoms with Crippen LogP contribution in [0.4, 0.5) is 8.78 Å². The molecule has 3 nitrogen and oxygen atoms in total. The molecule has 22 heavy (non-hydrogen) atoms. The molecule has 1 saturated heterocycles. The molecule has 1 heterocycles. The van der Waals surface area contributed by atoms with Gasteiger partial charge in [-0.05, 0) is 36.5 Å². The number of benzene rings is 1. The molecule has 1 aromatic rings. The van der Waals surface area contributed by atoms with Crippen molar-refractivity contribution in [3.05, 3.63) is 35.4 Å². The Morgan fingerprint density at radius 1 is 1.32 bits per heavy atom. The van der Waals surface area contributed by atoms with Gasteiger partial charge in [-0.1, -0.05) is 19.9 Å². The summed E-state index contributed by atoms with van der Waals surface area (Å²) < 4.78 is 31.9. The molecule has 0 saturated carbocycles. The molecule has 1 aromatic carbocycles. The molecule has 0 amide bonds. The van der Waals surface area contributed by atoms with Crippen molar-refractivity contribution >= 4 is 0 Å². The van der Waals surface area contributed by atoms with Crippen LogP contribution in [-0.2, 0) is 4.74 Å². The Morgan fingerprint density at radius 2 is 2.09 bits per heavy atom. The number of nitrogens with zero attached hydrogens (tertiary/aromatic N) is 1. The monoisotopic (exact) mass is 313 g/mol. The van der Waals surface area contributed by atoms with E-state index < -0.39 is 17.7 Å². The van der Waals surface area contributed by atoms with E-state index in [1.54, 1.807) is 0 Å². The first-order valence-corrected chi connectivity index (χ1v) is 7.92. The van der Waals surface area contributed by atoms with Crippen molar-refractivity contribution in [1.82, 2.24) is 4.90 Å². The molecule has 1 N–H and O–H groups in total. The highest BCUT2D eigenvalue weighted by Crippen LogP contribution is 2.21. The Bertz CT molecular complexity index is 482. The Labute approximate surface area is 130 Å². The number of aliphatic hydroxyl groups is 1. The summed E-state index contributed by atoms with van der Waals surface area (Å²) in [4.78, 5) is 2.10. The van der Waals surface area contributed by atoms with Crippen molar-refractivity contribution < 1.29 is 18.6 Å². The summed E-state index contributed by atoms with van der Waals surface area (Å²) in [6, 6.07) is 3.54. The van der Waals surface area contributed by atoms with Crippen LogP contribution in [0.5, 0.6) is 0 Å². The summed E-state index contributed by atoms with van der Waals surface area (Å²) in [6.07, 6.45) is 1.39. The maximum Gasteiger partial charge on any atom is 0.159 e. The smallest absolute Gasteiger partial charge is 0.159 e. The van der Waals surface area contributed by atoms with Crippen molar-refractivity contribution in [2.24, 2.45) is 5.92 Å². The van der Waals surface area contributed by atoms with E-state index >= 15 is 0 Å². The van der Waals surface area contributed by atoms with Crippen LogP contribution >= 0.6 is 0 Å². The SMILES string of the molecule is CC(C)CCOC1CCN(CC(O)c2ccc(F)c(F)c2)C1. The van der Waals surface area contributed by atoms with Crippen LogP contribution in [0.25, 0.3) is 0 Å². The second kappa shape index (κ2) is 7.99. The number of halogens is 2. The third-order valence-electron chi connectivity index (χ3n) is 4.04. The number of hydrogen-bond donors (Lipinski definition) is 1. The van der Waals surface area contributed by atoms with E-state index in [9.17, 15) is 13.9 Å². The quantitative estimate of drug-likeness (QED) is 0.839. The minimum Gasteiger partial charge on any atom is -0.387 e. The van der Waals surface area contributed by atoms with Gasteiger partial charge in [0.25, 0.3) is 0 Å². The highest BCUT2D eigenvalue weighted by atomic mass is 19.2. The number of β-amino-alcohol motifs (C(OH)–C–C–N with tert-alkyl or cyclic N) is 1. The van der Waals surface area contributed by atoms with Gasteiger partial charge in [-0.15, -0.1) is 0 Å². The summed E-state index contributed by atoms with van der Waals surface area (Å²) >= 11 is 0. The fourth-order valence-electron chi connectivity index (χ4n) is 2.64. The van der Waals surface area contributed by atoms with Gasteiger partial charge in [-0.25, -0.2) is 8.78 Å². The average Bonchev–Trinajstić information content (AvgIpc) is 2.89. The second-order valence-corrected chi connectivity index (χ2v) is 6.41. The molecule has 0 aliphatic carbocycles. The average molecular weight is 313 g/mol. The van der Waals surface area contributed by atoms with Gasteiger partial charge in [0.2, 0.25) is 0 Å². The minimum atomic E-state index is -0.923. The summed E-state index contributed by atoms with van der Waals surface area (Å²) in [6.45, 7) is 7.15. The first-order chi connectivity index (χ1) is 10.5. The molecule has 2 unspecified atom stereocenters. The molecule has 2 rings (SSSR count). The van der Waals surface area contributed by atoms with E-state index in [0.29, 0.717) is 18.0 Å². The topological polar surface area (TPSA) is 32.7 Å². The normalized spacial score (nSPS) is 20.7. The van der Waals surface area contributed by atoms with Crippen LogP contribution < -0.4 is 0 Å². The predicted molar refractivity (Wildman–Crippen MR) is 81.6 cm³/mol. The molecular formula is C17H25F2NO2. The molecule has 0 aromatic heterocycles. The van der Waals surface area contributed by atoms with Crippen LogP contribution in [0, 0.1) is 17.6 Å². The highest BCUT2D eigenvalue weighted by molar-refractivity contribution is 5.20. The predicted octanol–water partition coefficient (Wildman–Crippen LogP) is 3.14. The fraction of sp³-hybridized carbons (Fsp3) is 0.647. The third kappa shape index (κ3) is 5.00. The zero-order chi connectivity index (χ0) is 16.1. The maximum atomic E-state index is 13.2. The van der Waals surface area contributed by atoms with Crippen LogP contribution in [0.1, 0.15) is 38.4 Å². The number of hydrogen-bond acceptors (Lipinski definition) is 3. The van der Waals surface area contributed by atoms with Gasteiger partial charge >= 0.3 is 0 Å². The number of ether oxygens (including phenoxy) is 1. The molecule has 124 valence electrons. The largest absolute Gasteiger partial charge is 0.387 e. The minimum absolute atomic E-state index is 0.205. The molecule has 0 spiro atoms. The van der Waals surface area contributed by atoms with Crippen LogP contribution in [0.2, 0.25) is 0 Å². The van der Waals surface area contributed by atoms with E-state index in [0.717, 1.165) is 44.7 Å². The highest BCUT2D eigenvalue weighted by Gasteiger charge is 2.25. The van der Waals surface area contributed by atoms with Crippen molar-refractivity contribution in [3.8, 4) is 0 Å². The van der Waals surface area contributed by atoms with Gasteiger partial charge in [0.05, 0.1) is 12.2 Å². The van der Waals surface area contributed by atoms with Crippen LogP contribution in [0.3, 0.4) is 0 Å². The Morgan fingerprint density at radius 3 is 2.77 bits per heavy atom. The molecule has 2 atom stereocenters. The molecule has 5 heteroatoms. The molecule has 1 aliphatic heterocycles. The second-order valence-electron chi connectivity index (χ2n) is 6.41. The first kappa shape index (κ1) is 17.3. The summed E-state index contributed by atoms with van der Waals surface area (Å²) in [7, 11) is 0. The lowest BCUT2D eigenvalue weighted by Crippen LogP contribution is -2.28. The van der Waals surface area contributed by atoms with Gasteiger partial charge in [-0.3, -0.25) is 4.90 Å². The standard InChI is InChI=1S/C17H25F2NO2/c1-12(2)6-8-22-14-5-7-20(10-14)11-17(21)13-3-4-15(18)16(19)9-13/h3-4,9,12,14,17,21H,5-8,10-11H2,1-2H3. The molecular weight excluding hydrogens is 288 g/mol. The fourth-order valence-corrected chi connectivity index (χ4v) is 2.64. The van der Waals surface area contributed by atoms with Crippen molar-refractivity contribution in [3.63, 3.8) is 0 Å². The van der Waals surface area contributed by atoms with Gasteiger partial charge < -0.3 is 9.84 Å². The number of rotatable bonds is 7. The van der Waals surface area contributed by atoms with Crippen molar-refractivity contribution in [1.29, 1.82) is 0 Å². The van der Waals surface area contributed by atoms with E-state index in [-0.39, 0.29) is 6.10 Å². The lowest BCUT2D eigenvalue weighted by Gasteiger charge is -2.20. The lowest BCUT2D eigenvalue weighted by molar-refractivity contribution is 0.0469. The Balaban J connectivity index is 1.78. The van der Waals surface area contributed by atoms with E-state index in [4.69, 9.17) is 4.74 Å². The summed E-state index contributed by atoms with van der Waals surface area (Å²) in [5, 5.41) is 10.2. The van der Waals surface area contributed by atoms with Gasteiger partial charge in [0.1, 0.15) is 0 Å². The Kier molecular flexibility index (Phi) is 6.29.